The molecular weight excluding hydrogens is 334 g/mol. The van der Waals surface area contributed by atoms with E-state index in [9.17, 15) is 0 Å². The van der Waals surface area contributed by atoms with Gasteiger partial charge in [0.05, 0.1) is 0 Å². The van der Waals surface area contributed by atoms with Gasteiger partial charge in [0.25, 0.3) is 0 Å². The molecule has 0 aliphatic heterocycles. The largest absolute Gasteiger partial charge is 1.00 e. The molecule has 0 spiro atoms. The fourth-order valence-electron chi connectivity index (χ4n) is 4.20. The molecule has 4 atom stereocenters. The quantitative estimate of drug-likeness (QED) is 0.696. The van der Waals surface area contributed by atoms with Crippen LogP contribution in [0.2, 0.25) is 18.6 Å². The summed E-state index contributed by atoms with van der Waals surface area (Å²) < 4.78 is 0. The van der Waals surface area contributed by atoms with Crippen LogP contribution >= 0.6 is 0 Å². The van der Waals surface area contributed by atoms with Gasteiger partial charge in [-0.15, -0.1) is 0 Å². The van der Waals surface area contributed by atoms with Crippen molar-refractivity contribution in [2.75, 3.05) is 19.0 Å². The molecule has 0 radical (unpaired) electrons. The molecule has 2 aliphatic carbocycles. The fraction of sp³-hybridized carbons (Fsp3) is 0.545. The Bertz CT molecular complexity index is 589. The van der Waals surface area contributed by atoms with Crippen LogP contribution in [0.4, 0.5) is 5.69 Å². The molecule has 2 aliphatic rings. The van der Waals surface area contributed by atoms with Gasteiger partial charge < -0.3 is 9.88 Å². The Kier molecular flexibility index (Phi) is 12.4. The number of hydrogen-bond acceptors (Lipinski definition) is 1. The van der Waals surface area contributed by atoms with Gasteiger partial charge in [-0.25, -0.2) is 0 Å². The Balaban J connectivity index is 0.00000127. The van der Waals surface area contributed by atoms with Gasteiger partial charge in [0, 0.05) is 24.7 Å². The summed E-state index contributed by atoms with van der Waals surface area (Å²) in [5.41, 5.74) is 2.06. The molecule has 4 unspecified atom stereocenters. The van der Waals surface area contributed by atoms with E-state index in [0.717, 1.165) is 5.54 Å². The Labute approximate surface area is 192 Å². The van der Waals surface area contributed by atoms with Gasteiger partial charge in [0.15, 0.2) is 0 Å². The maximum atomic E-state index is 4.82. The summed E-state index contributed by atoms with van der Waals surface area (Å²) in [6.45, 7) is 9.09. The van der Waals surface area contributed by atoms with E-state index in [2.05, 4.69) is 93.5 Å². The van der Waals surface area contributed by atoms with E-state index in [1.165, 1.54) is 18.5 Å². The average Bonchev–Trinajstić information content (AvgIpc) is 3.03. The normalized spacial score (nSPS) is 25.4. The predicted molar refractivity (Wildman–Crippen MR) is 115 cm³/mol. The summed E-state index contributed by atoms with van der Waals surface area (Å²) >= 11 is 0. The maximum absolute atomic E-state index is 4.82. The summed E-state index contributed by atoms with van der Waals surface area (Å²) in [4.78, 5) is 7.31. The van der Waals surface area contributed by atoms with Gasteiger partial charge in [-0.1, -0.05) is 89.6 Å². The number of rotatable bonds is 4. The van der Waals surface area contributed by atoms with E-state index in [1.807, 2.05) is 7.05 Å². The molecule has 27 heavy (non-hydrogen) atoms. The summed E-state index contributed by atoms with van der Waals surface area (Å²) in [6, 6.07) is 11.4. The van der Waals surface area contributed by atoms with Gasteiger partial charge in [-0.2, -0.15) is 7.05 Å². The molecule has 0 saturated heterocycles. The number of para-hydroxylation sites is 1. The SMILES string of the molecule is CCC.C[N-][Si](C)(C)C1CC(N(C)c2ccccc2)C2C=CC=CC21.[Li+].[Li+]. The molecule has 1 saturated carbocycles. The molecule has 2 nitrogen and oxygen atoms in total. The topological polar surface area (TPSA) is 17.3 Å². The Morgan fingerprint density at radius 3 is 2.04 bits per heavy atom. The number of fused-ring (bicyclic) bond motifs is 1. The number of hydrogen-bond donors (Lipinski definition) is 0. The molecule has 1 aromatic carbocycles. The second kappa shape index (κ2) is 12.4. The van der Waals surface area contributed by atoms with E-state index < -0.39 is 8.24 Å². The van der Waals surface area contributed by atoms with Crippen LogP contribution in [0.15, 0.2) is 54.6 Å². The molecule has 138 valence electrons. The van der Waals surface area contributed by atoms with Crippen LogP contribution in [-0.2, 0) is 0 Å². The summed E-state index contributed by atoms with van der Waals surface area (Å²) in [7, 11) is 2.75. The first kappa shape index (κ1) is 26.9. The molecule has 0 bridgehead atoms. The Hall–Kier alpha value is -0.128. The van der Waals surface area contributed by atoms with Crippen molar-refractivity contribution >= 4 is 13.9 Å². The zero-order valence-electron chi connectivity index (χ0n) is 18.8. The van der Waals surface area contributed by atoms with E-state index in [4.69, 9.17) is 4.98 Å². The van der Waals surface area contributed by atoms with Crippen molar-refractivity contribution in [2.24, 2.45) is 11.8 Å². The van der Waals surface area contributed by atoms with Crippen LogP contribution in [0.1, 0.15) is 26.7 Å². The molecule has 1 fully saturated rings. The third-order valence-corrected chi connectivity index (χ3v) is 9.36. The van der Waals surface area contributed by atoms with Gasteiger partial charge in [0.1, 0.15) is 0 Å². The van der Waals surface area contributed by atoms with Crippen molar-refractivity contribution in [3.05, 3.63) is 59.6 Å². The van der Waals surface area contributed by atoms with Crippen LogP contribution < -0.4 is 42.6 Å². The van der Waals surface area contributed by atoms with Crippen LogP contribution in [0.25, 0.3) is 4.98 Å². The standard InChI is InChI=1S/C19H27N2Si.C3H8.2Li/c1-20-22(3,4)19-14-18(16-12-8-9-13-17(16)19)21(2)15-10-6-5-7-11-15;1-3-2;;/h5-13,16-19H,14H2,1-4H3;3H2,1-2H3;;/q-1;;2*+1. The van der Waals surface area contributed by atoms with Crippen LogP contribution in [0, 0.1) is 11.8 Å². The second-order valence-electron chi connectivity index (χ2n) is 7.86. The van der Waals surface area contributed by atoms with Crippen molar-refractivity contribution in [3.8, 4) is 0 Å². The first-order valence-electron chi connectivity index (χ1n) is 9.70. The predicted octanol–water partition coefficient (Wildman–Crippen LogP) is 0.257. The third kappa shape index (κ3) is 6.43. The van der Waals surface area contributed by atoms with Crippen LogP contribution in [0.3, 0.4) is 0 Å². The van der Waals surface area contributed by atoms with E-state index in [1.54, 1.807) is 0 Å². The number of anilines is 1. The van der Waals surface area contributed by atoms with Crippen molar-refractivity contribution in [1.29, 1.82) is 0 Å². The molecular formula is C22H35Li2N2Si+. The average molecular weight is 370 g/mol. The van der Waals surface area contributed by atoms with Crippen molar-refractivity contribution in [1.82, 2.24) is 0 Å². The minimum absolute atomic E-state index is 0. The number of nitrogens with zero attached hydrogens (tertiary/aromatic N) is 2. The molecule has 5 heteroatoms. The maximum Gasteiger partial charge on any atom is 1.00 e. The van der Waals surface area contributed by atoms with Gasteiger partial charge >= 0.3 is 37.7 Å². The van der Waals surface area contributed by atoms with Crippen molar-refractivity contribution < 1.29 is 37.7 Å². The van der Waals surface area contributed by atoms with Crippen molar-refractivity contribution in [3.63, 3.8) is 0 Å². The smallest absolute Gasteiger partial charge is 0.667 e. The number of benzene rings is 1. The van der Waals surface area contributed by atoms with Gasteiger partial charge in [-0.3, -0.25) is 0 Å². The minimum Gasteiger partial charge on any atom is -0.667 e. The zero-order chi connectivity index (χ0) is 18.4. The van der Waals surface area contributed by atoms with Crippen molar-refractivity contribution in [2.45, 2.75) is 51.4 Å². The minimum atomic E-state index is -1.53. The molecule has 1 aromatic rings. The van der Waals surface area contributed by atoms with Gasteiger partial charge in [0.2, 0.25) is 0 Å². The number of allylic oxidation sites excluding steroid dienone is 3. The molecule has 0 heterocycles. The molecule has 0 amide bonds. The Morgan fingerprint density at radius 2 is 1.52 bits per heavy atom. The first-order chi connectivity index (χ1) is 12.0. The van der Waals surface area contributed by atoms with Crippen LogP contribution in [0.5, 0.6) is 0 Å². The molecule has 0 aromatic heterocycles. The monoisotopic (exact) mass is 369 g/mol. The zero-order valence-corrected chi connectivity index (χ0v) is 19.8. The van der Waals surface area contributed by atoms with E-state index in [0.29, 0.717) is 17.9 Å². The molecule has 0 N–H and O–H groups in total. The Morgan fingerprint density at radius 1 is 1.00 bits per heavy atom. The summed E-state index contributed by atoms with van der Waals surface area (Å²) in [5.74, 6) is 1.28. The van der Waals surface area contributed by atoms with Crippen LogP contribution in [-0.4, -0.2) is 28.4 Å². The first-order valence-corrected chi connectivity index (χ1v) is 12.7. The summed E-state index contributed by atoms with van der Waals surface area (Å²) in [5, 5.41) is 0. The summed E-state index contributed by atoms with van der Waals surface area (Å²) in [6.07, 6.45) is 11.8. The molecule has 3 rings (SSSR count). The fourth-order valence-corrected chi connectivity index (χ4v) is 6.62. The van der Waals surface area contributed by atoms with E-state index in [-0.39, 0.29) is 37.7 Å². The second-order valence-corrected chi connectivity index (χ2v) is 12.4. The van der Waals surface area contributed by atoms with E-state index >= 15 is 0 Å². The third-order valence-electron chi connectivity index (χ3n) is 5.77. The van der Waals surface area contributed by atoms with Gasteiger partial charge in [-0.05, 0) is 24.5 Å².